The fourth-order valence-corrected chi connectivity index (χ4v) is 9.27. The molecule has 37 nitrogen and oxygen atoms in total. The van der Waals surface area contributed by atoms with Crippen LogP contribution in [0.3, 0.4) is 0 Å². The summed E-state index contributed by atoms with van der Waals surface area (Å²) in [5.41, 5.74) is 0. The molecule has 0 bridgehead atoms. The normalized spacial score (nSPS) is 31.3. The zero-order chi connectivity index (χ0) is 67.0. The lowest BCUT2D eigenvalue weighted by molar-refractivity contribution is -0.377. The van der Waals surface area contributed by atoms with Gasteiger partial charge in [0.05, 0.1) is 0 Å². The Balaban J connectivity index is 1.88. The summed E-state index contributed by atoms with van der Waals surface area (Å²) in [5, 5.41) is 0. The van der Waals surface area contributed by atoms with Crippen LogP contribution in [0.15, 0.2) is 0 Å². The van der Waals surface area contributed by atoms with Crippen LogP contribution >= 0.6 is 0 Å². The molecule has 20 atom stereocenters. The molecule has 0 saturated carbocycles. The molecule has 496 valence electrons. The van der Waals surface area contributed by atoms with E-state index in [4.69, 9.17) is 99.5 Å². The van der Waals surface area contributed by atoms with Gasteiger partial charge >= 0.3 is 95.5 Å². The van der Waals surface area contributed by atoms with Crippen molar-refractivity contribution >= 4 is 95.5 Å². The average molecular weight is 1280 g/mol. The van der Waals surface area contributed by atoms with Crippen molar-refractivity contribution < 1.29 is 176 Å². The summed E-state index contributed by atoms with van der Waals surface area (Å²) in [6.07, 6.45) is -42.0. The molecule has 0 N–H and O–H groups in total. The quantitative estimate of drug-likeness (QED) is 0.0786. The molecule has 0 aromatic carbocycles. The van der Waals surface area contributed by atoms with Gasteiger partial charge in [-0.25, -0.2) is 9.59 Å². The van der Waals surface area contributed by atoms with Gasteiger partial charge in [0.2, 0.25) is 37.4 Å². The van der Waals surface area contributed by atoms with Crippen LogP contribution in [0.1, 0.15) is 96.9 Å². The van der Waals surface area contributed by atoms with Crippen molar-refractivity contribution in [1.29, 1.82) is 0 Å². The molecule has 0 aromatic rings. The standard InChI is InChI=1S/C52H66O37/c1-17(53)71-33-31(15-69-47(67)41-37(75-21(5)57)39(77-23(7)59)45(81-27(11)63)49(87-41)83-29(13)65)85-51(43(79-25(9)61)35(33)73-19(3)55)89-52-44(80-26(10)62)36(74-20(4)56)34(72-18(2)54)32(86-52)16-70-48(68)42-38(76-22(6)58)40(78-24(8)60)46(82-28(12)64)50(88-42)84-30(14)66/h31-46,49-52H,15-16H2,1-14H3/t31-,32-,33-,34-,35+,36+,37-,38+,39-,40+,41?,42?,43-,44-,45+,46-,49+,50-,51?,52?/m1/s1. The first kappa shape index (κ1) is 72.8. The van der Waals surface area contributed by atoms with Crippen molar-refractivity contribution in [3.8, 4) is 0 Å². The van der Waals surface area contributed by atoms with E-state index in [1.807, 2.05) is 0 Å². The fraction of sp³-hybridized carbons (Fsp3) is 0.692. The van der Waals surface area contributed by atoms with E-state index in [1.165, 1.54) is 0 Å². The Hall–Kier alpha value is -8.68. The lowest BCUT2D eigenvalue weighted by Crippen LogP contribution is -2.67. The predicted molar refractivity (Wildman–Crippen MR) is 268 cm³/mol. The third-order valence-corrected chi connectivity index (χ3v) is 11.9. The molecule has 89 heavy (non-hydrogen) atoms. The van der Waals surface area contributed by atoms with Gasteiger partial charge in [0.25, 0.3) is 0 Å². The van der Waals surface area contributed by atoms with E-state index in [1.54, 1.807) is 0 Å². The van der Waals surface area contributed by atoms with Crippen molar-refractivity contribution in [2.45, 2.75) is 220 Å². The molecule has 4 aliphatic heterocycles. The second-order valence-corrected chi connectivity index (χ2v) is 19.4. The summed E-state index contributed by atoms with van der Waals surface area (Å²) < 4.78 is 116. The van der Waals surface area contributed by atoms with Gasteiger partial charge in [-0.05, 0) is 0 Å². The number of carbonyl (C=O) groups excluding carboxylic acids is 16. The van der Waals surface area contributed by atoms with Crippen molar-refractivity contribution in [1.82, 2.24) is 0 Å². The summed E-state index contributed by atoms with van der Waals surface area (Å²) in [6, 6.07) is 0. The first-order chi connectivity index (χ1) is 41.5. The largest absolute Gasteiger partial charge is 0.461 e. The third-order valence-electron chi connectivity index (χ3n) is 11.9. The monoisotopic (exact) mass is 1280 g/mol. The Labute approximate surface area is 503 Å². The average Bonchev–Trinajstić information content (AvgIpc) is 0.909. The first-order valence-corrected chi connectivity index (χ1v) is 26.5. The third kappa shape index (κ3) is 21.3. The van der Waals surface area contributed by atoms with E-state index in [0.29, 0.717) is 0 Å². The molecule has 4 heterocycles. The molecule has 0 amide bonds. The van der Waals surface area contributed by atoms with Gasteiger partial charge in [0, 0.05) is 96.9 Å². The molecule has 4 saturated heterocycles. The molecular weight excluding hydrogens is 1220 g/mol. The zero-order valence-corrected chi connectivity index (χ0v) is 50.1. The Bertz CT molecular complexity index is 2520. The number of rotatable bonds is 22. The van der Waals surface area contributed by atoms with Gasteiger partial charge in [0.1, 0.15) is 25.4 Å². The van der Waals surface area contributed by atoms with Gasteiger partial charge in [-0.2, -0.15) is 0 Å². The highest BCUT2D eigenvalue weighted by molar-refractivity contribution is 5.79. The molecule has 0 spiro atoms. The number of ether oxygens (including phenoxy) is 21. The van der Waals surface area contributed by atoms with Crippen LogP contribution in [0, 0.1) is 0 Å². The van der Waals surface area contributed by atoms with Gasteiger partial charge in [-0.15, -0.1) is 0 Å². The van der Waals surface area contributed by atoms with Crippen LogP contribution in [-0.2, 0) is 176 Å². The Morgan fingerprint density at radius 3 is 0.652 bits per heavy atom. The summed E-state index contributed by atoms with van der Waals surface area (Å²) in [5.74, 6) is -19.1. The van der Waals surface area contributed by atoms with Crippen LogP contribution in [0.4, 0.5) is 0 Å². The zero-order valence-electron chi connectivity index (χ0n) is 50.1. The number of hydrogen-bond acceptors (Lipinski definition) is 37. The maximum Gasteiger partial charge on any atom is 0.339 e. The maximum absolute atomic E-state index is 14.3. The Kier molecular flexibility index (Phi) is 26.6. The fourth-order valence-electron chi connectivity index (χ4n) is 9.27. The van der Waals surface area contributed by atoms with Crippen LogP contribution in [0.25, 0.3) is 0 Å². The highest BCUT2D eigenvalue weighted by Gasteiger charge is 2.61. The van der Waals surface area contributed by atoms with Gasteiger partial charge in [-0.1, -0.05) is 0 Å². The van der Waals surface area contributed by atoms with Gasteiger partial charge < -0.3 is 99.5 Å². The van der Waals surface area contributed by atoms with E-state index in [0.717, 1.165) is 96.9 Å². The summed E-state index contributed by atoms with van der Waals surface area (Å²) in [6.45, 7) is 9.67. The molecular formula is C52H66O37. The second-order valence-electron chi connectivity index (χ2n) is 19.4. The Morgan fingerprint density at radius 1 is 0.225 bits per heavy atom. The molecule has 0 aromatic heterocycles. The smallest absolute Gasteiger partial charge is 0.339 e. The Morgan fingerprint density at radius 2 is 0.416 bits per heavy atom. The van der Waals surface area contributed by atoms with E-state index in [9.17, 15) is 76.7 Å². The van der Waals surface area contributed by atoms with Crippen LogP contribution in [0.5, 0.6) is 0 Å². The molecule has 0 radical (unpaired) electrons. The van der Waals surface area contributed by atoms with Crippen LogP contribution in [-0.4, -0.2) is 232 Å². The van der Waals surface area contributed by atoms with Crippen molar-refractivity contribution in [2.24, 2.45) is 0 Å². The highest BCUT2D eigenvalue weighted by Crippen LogP contribution is 2.38. The first-order valence-electron chi connectivity index (χ1n) is 26.5. The number of hydrogen-bond donors (Lipinski definition) is 0. The minimum Gasteiger partial charge on any atom is -0.461 e. The molecule has 4 aliphatic rings. The maximum atomic E-state index is 14.3. The van der Waals surface area contributed by atoms with E-state index in [2.05, 4.69) is 0 Å². The van der Waals surface area contributed by atoms with E-state index >= 15 is 0 Å². The summed E-state index contributed by atoms with van der Waals surface area (Å²) >= 11 is 0. The van der Waals surface area contributed by atoms with E-state index in [-0.39, 0.29) is 0 Å². The van der Waals surface area contributed by atoms with E-state index < -0.39 is 232 Å². The van der Waals surface area contributed by atoms with Gasteiger partial charge in [-0.3, -0.25) is 67.1 Å². The van der Waals surface area contributed by atoms with Crippen LogP contribution < -0.4 is 0 Å². The number of carbonyl (C=O) groups is 16. The molecule has 4 fully saturated rings. The molecule has 4 unspecified atom stereocenters. The lowest BCUT2D eigenvalue weighted by Gasteiger charge is -2.48. The van der Waals surface area contributed by atoms with Crippen molar-refractivity contribution in [3.05, 3.63) is 0 Å². The molecule has 4 rings (SSSR count). The molecule has 37 heteroatoms. The minimum absolute atomic E-state index is 0.837. The lowest BCUT2D eigenvalue weighted by atomic mass is 9.96. The summed E-state index contributed by atoms with van der Waals surface area (Å²) in [7, 11) is 0. The predicted octanol–water partition coefficient (Wildman–Crippen LogP) is -2.70. The van der Waals surface area contributed by atoms with Crippen molar-refractivity contribution in [2.75, 3.05) is 13.2 Å². The minimum atomic E-state index is -2.35. The summed E-state index contributed by atoms with van der Waals surface area (Å²) in [4.78, 5) is 205. The van der Waals surface area contributed by atoms with Crippen molar-refractivity contribution in [3.63, 3.8) is 0 Å². The number of esters is 16. The SMILES string of the molecule is CC(=O)O[C@H]1OC(C(=O)OC[C@H]2OC(OC3O[C@H](COC(=O)C4O[C@@H](OC(C)=O)[C@H](OC(C)=O)[C@@H](OC(C)=O)[C@@H]4OC(C)=O)[C@@H](OC(C)=O)[C@H](OC(C)=O)[C@H]3OC(C)=O)[C@H](OC(C)=O)[C@@H](OC(C)=O)[C@@H]2OC(C)=O)[C@H](OC(C)=O)[C@@H](OC(C)=O)[C@@H]1OC(C)=O. The van der Waals surface area contributed by atoms with Crippen LogP contribution in [0.2, 0.25) is 0 Å². The topological polar surface area (TPSA) is 467 Å². The second kappa shape index (κ2) is 32.5. The molecule has 0 aliphatic carbocycles. The highest BCUT2D eigenvalue weighted by atomic mass is 16.8. The van der Waals surface area contributed by atoms with Gasteiger partial charge in [0.15, 0.2) is 73.2 Å².